The van der Waals surface area contributed by atoms with E-state index in [9.17, 15) is 1.37 Å². The Morgan fingerprint density at radius 1 is 0.947 bits per heavy atom. The number of nitrogens with zero attached hydrogens (tertiary/aromatic N) is 2. The maximum Gasteiger partial charge on any atom is 0.227 e. The molecular formula is C35H39N2O+. The summed E-state index contributed by atoms with van der Waals surface area (Å²) in [5.74, 6) is -0.504. The van der Waals surface area contributed by atoms with Crippen LogP contribution in [0.15, 0.2) is 53.1 Å². The van der Waals surface area contributed by atoms with E-state index < -0.39 is 5.89 Å². The van der Waals surface area contributed by atoms with Gasteiger partial charge in [-0.25, -0.2) is 9.55 Å². The van der Waals surface area contributed by atoms with Crippen LogP contribution in [0, 0.1) is 6.92 Å². The van der Waals surface area contributed by atoms with E-state index in [0.717, 1.165) is 71.3 Å². The van der Waals surface area contributed by atoms with Crippen LogP contribution in [0.3, 0.4) is 0 Å². The number of furan rings is 1. The molecule has 3 heteroatoms. The molecule has 0 unspecified atom stereocenters. The molecule has 0 bridgehead atoms. The zero-order chi connectivity index (χ0) is 27.3. The van der Waals surface area contributed by atoms with Crippen molar-refractivity contribution in [1.82, 2.24) is 4.98 Å². The van der Waals surface area contributed by atoms with Gasteiger partial charge in [-0.1, -0.05) is 70.9 Å². The summed E-state index contributed by atoms with van der Waals surface area (Å²) in [6.45, 7) is 11.8. The predicted octanol–water partition coefficient (Wildman–Crippen LogP) is 8.94. The number of rotatable bonds is 2. The van der Waals surface area contributed by atoms with Crippen molar-refractivity contribution in [2.45, 2.75) is 89.9 Å². The molecule has 0 amide bonds. The minimum absolute atomic E-state index is 0.00872. The van der Waals surface area contributed by atoms with Crippen molar-refractivity contribution in [3.05, 3.63) is 70.9 Å². The second-order valence-corrected chi connectivity index (χ2v) is 13.1. The molecular weight excluding hydrogens is 464 g/mol. The molecule has 1 saturated carbocycles. The third-order valence-electron chi connectivity index (χ3n) is 9.53. The molecule has 1 fully saturated rings. The van der Waals surface area contributed by atoms with E-state index in [1.54, 1.807) is 0 Å². The largest absolute Gasteiger partial charge is 0.437 e. The smallest absolute Gasteiger partial charge is 0.227 e. The third-order valence-corrected chi connectivity index (χ3v) is 9.53. The summed E-state index contributed by atoms with van der Waals surface area (Å²) in [5.41, 5.74) is 10.2. The highest BCUT2D eigenvalue weighted by molar-refractivity contribution is 6.11. The number of pyridine rings is 2. The van der Waals surface area contributed by atoms with Crippen molar-refractivity contribution in [2.75, 3.05) is 0 Å². The number of aromatic nitrogens is 2. The fraction of sp³-hybridized carbons (Fsp3) is 0.429. The lowest BCUT2D eigenvalue weighted by atomic mass is 9.60. The number of fused-ring (bicyclic) bond motifs is 5. The number of hydrogen-bond donors (Lipinski definition) is 0. The quantitative estimate of drug-likeness (QED) is 0.225. The summed E-state index contributed by atoms with van der Waals surface area (Å²) in [5, 5.41) is 3.30. The second kappa shape index (κ2) is 8.15. The first kappa shape index (κ1) is 22.8. The van der Waals surface area contributed by atoms with E-state index in [-0.39, 0.29) is 10.8 Å². The fourth-order valence-corrected chi connectivity index (χ4v) is 7.39. The second-order valence-electron chi connectivity index (χ2n) is 13.1. The van der Waals surface area contributed by atoms with Crippen LogP contribution in [0.25, 0.3) is 44.2 Å². The summed E-state index contributed by atoms with van der Waals surface area (Å²) in [7, 11) is 2.18. The molecule has 0 N–H and O–H groups in total. The zero-order valence-electron chi connectivity index (χ0n) is 24.7. The van der Waals surface area contributed by atoms with E-state index in [1.165, 1.54) is 27.9 Å². The van der Waals surface area contributed by atoms with Crippen molar-refractivity contribution in [3.63, 3.8) is 0 Å². The van der Waals surface area contributed by atoms with Gasteiger partial charge in [-0.3, -0.25) is 0 Å². The van der Waals surface area contributed by atoms with Gasteiger partial charge in [0.1, 0.15) is 7.05 Å². The molecule has 0 radical (unpaired) electrons. The lowest BCUT2D eigenvalue weighted by Crippen LogP contribution is -2.43. The van der Waals surface area contributed by atoms with Gasteiger partial charge >= 0.3 is 0 Å². The molecule has 194 valence electrons. The highest BCUT2D eigenvalue weighted by atomic mass is 16.3. The Balaban J connectivity index is 1.61. The number of hydrogen-bond acceptors (Lipinski definition) is 2. The summed E-state index contributed by atoms with van der Waals surface area (Å²) < 4.78 is 18.6. The van der Waals surface area contributed by atoms with Gasteiger partial charge < -0.3 is 4.42 Å². The van der Waals surface area contributed by atoms with Gasteiger partial charge in [-0.2, -0.15) is 0 Å². The van der Waals surface area contributed by atoms with Crippen LogP contribution in [0.4, 0.5) is 0 Å². The Morgan fingerprint density at radius 3 is 2.42 bits per heavy atom. The molecule has 3 heterocycles. The average molecular weight is 505 g/mol. The topological polar surface area (TPSA) is 29.9 Å². The van der Waals surface area contributed by atoms with Gasteiger partial charge in [0.15, 0.2) is 11.8 Å². The van der Waals surface area contributed by atoms with Gasteiger partial charge in [0, 0.05) is 28.7 Å². The Hall–Kier alpha value is -3.20. The summed E-state index contributed by atoms with van der Waals surface area (Å²) in [6.07, 6.45) is 8.76. The number of para-hydroxylation sites is 1. The molecule has 0 aliphatic heterocycles. The Bertz CT molecular complexity index is 1800. The molecule has 2 aliphatic rings. The molecule has 7 rings (SSSR count). The van der Waals surface area contributed by atoms with Gasteiger partial charge in [0.05, 0.1) is 11.1 Å². The van der Waals surface area contributed by atoms with Crippen LogP contribution in [-0.4, -0.2) is 4.98 Å². The van der Waals surface area contributed by atoms with Crippen LogP contribution < -0.4 is 4.57 Å². The SMILES string of the molecule is [2H]C1(c2c[n+](C)c(-c3c(C)ccc4c3oc3nc5ccccc5cc34)c3c2C(C)(C)CCC3(C)C)CCCC1. The van der Waals surface area contributed by atoms with Crippen molar-refractivity contribution in [1.29, 1.82) is 0 Å². The Labute approximate surface area is 227 Å². The first-order valence-electron chi connectivity index (χ1n) is 14.8. The van der Waals surface area contributed by atoms with Crippen molar-refractivity contribution >= 4 is 33.0 Å². The van der Waals surface area contributed by atoms with Gasteiger partial charge in [0.25, 0.3) is 0 Å². The van der Waals surface area contributed by atoms with E-state index in [1.807, 2.05) is 12.1 Å². The number of aryl methyl sites for hydroxylation is 2. The van der Waals surface area contributed by atoms with Gasteiger partial charge in [-0.05, 0) is 72.6 Å². The molecule has 0 spiro atoms. The monoisotopic (exact) mass is 504 g/mol. The molecule has 3 nitrogen and oxygen atoms in total. The van der Waals surface area contributed by atoms with Crippen LogP contribution >= 0.6 is 0 Å². The third kappa shape index (κ3) is 3.40. The average Bonchev–Trinajstić information content (AvgIpc) is 3.49. The summed E-state index contributed by atoms with van der Waals surface area (Å²) >= 11 is 0. The van der Waals surface area contributed by atoms with Crippen LogP contribution in [0.2, 0.25) is 0 Å². The van der Waals surface area contributed by atoms with Gasteiger partial charge in [0.2, 0.25) is 11.4 Å². The van der Waals surface area contributed by atoms with Crippen molar-refractivity contribution in [2.24, 2.45) is 7.05 Å². The first-order valence-corrected chi connectivity index (χ1v) is 14.3. The Kier molecular flexibility index (Phi) is 4.88. The zero-order valence-corrected chi connectivity index (χ0v) is 23.7. The molecule has 2 aromatic carbocycles. The molecule has 2 aliphatic carbocycles. The minimum Gasteiger partial charge on any atom is -0.437 e. The van der Waals surface area contributed by atoms with Crippen LogP contribution in [0.1, 0.15) is 95.7 Å². The first-order chi connectivity index (χ1) is 18.5. The van der Waals surface area contributed by atoms with E-state index >= 15 is 0 Å². The maximum absolute atomic E-state index is 9.62. The van der Waals surface area contributed by atoms with E-state index in [4.69, 9.17) is 9.40 Å². The highest BCUT2D eigenvalue weighted by Crippen LogP contribution is 2.53. The molecule has 0 atom stereocenters. The van der Waals surface area contributed by atoms with E-state index in [2.05, 4.69) is 82.8 Å². The highest BCUT2D eigenvalue weighted by Gasteiger charge is 2.46. The van der Waals surface area contributed by atoms with Crippen LogP contribution in [-0.2, 0) is 17.9 Å². The van der Waals surface area contributed by atoms with E-state index in [0.29, 0.717) is 5.71 Å². The minimum atomic E-state index is -0.504. The van der Waals surface area contributed by atoms with Gasteiger partial charge in [-0.15, -0.1) is 0 Å². The molecule has 3 aromatic heterocycles. The fourth-order valence-electron chi connectivity index (χ4n) is 7.39. The lowest BCUT2D eigenvalue weighted by molar-refractivity contribution is -0.661. The molecule has 0 saturated heterocycles. The lowest BCUT2D eigenvalue weighted by Gasteiger charge is -2.43. The molecule has 38 heavy (non-hydrogen) atoms. The summed E-state index contributed by atoms with van der Waals surface area (Å²) in [6, 6.07) is 14.9. The predicted molar refractivity (Wildman–Crippen MR) is 157 cm³/mol. The standard InChI is InChI=1S/C35H39N2O/c1-21-15-16-24-25-19-23-13-9-10-14-27(23)36-33(25)38-32(24)28(21)31-30-29(34(2,3)17-18-35(30,4)5)26(20-37(31)6)22-11-7-8-12-22/h9-10,13-16,19-20,22H,7-8,11-12,17-18H2,1-6H3/q+1/i22D. The van der Waals surface area contributed by atoms with Crippen molar-refractivity contribution in [3.8, 4) is 11.3 Å². The maximum atomic E-state index is 9.62. The normalized spacial score (nSPS) is 20.2. The molecule has 5 aromatic rings. The number of benzene rings is 2. The summed E-state index contributed by atoms with van der Waals surface area (Å²) in [4.78, 5) is 4.92. The Morgan fingerprint density at radius 2 is 1.66 bits per heavy atom. The van der Waals surface area contributed by atoms with Crippen molar-refractivity contribution < 1.29 is 10.4 Å². The van der Waals surface area contributed by atoms with Crippen LogP contribution in [0.5, 0.6) is 0 Å².